The lowest BCUT2D eigenvalue weighted by Gasteiger charge is -2.17. The van der Waals surface area contributed by atoms with Crippen molar-refractivity contribution in [3.63, 3.8) is 0 Å². The Kier molecular flexibility index (Phi) is 4.84. The largest absolute Gasteiger partial charge is 0.301 e. The van der Waals surface area contributed by atoms with Gasteiger partial charge in [-0.3, -0.25) is 0 Å². The van der Waals surface area contributed by atoms with Gasteiger partial charge in [-0.2, -0.15) is 0 Å². The summed E-state index contributed by atoms with van der Waals surface area (Å²) in [4.78, 5) is 2.04. The van der Waals surface area contributed by atoms with Crippen molar-refractivity contribution in [3.8, 4) is 0 Å². The number of benzene rings is 1. The molecule has 0 spiro atoms. The van der Waals surface area contributed by atoms with E-state index in [4.69, 9.17) is 23.2 Å². The van der Waals surface area contributed by atoms with Gasteiger partial charge in [-0.25, -0.2) is 4.39 Å². The van der Waals surface area contributed by atoms with Gasteiger partial charge < -0.3 is 4.90 Å². The molecule has 84 valence electrons. The standard InChI is InChI=1S/C11H14Cl2FN/c1-8(12)6-15(2)7-9-3-4-10(13)11(14)5-9/h3-5,8H,6-7H2,1-2H3. The molecule has 1 aromatic carbocycles. The summed E-state index contributed by atoms with van der Waals surface area (Å²) in [5, 5.41) is 0.249. The second-order valence-electron chi connectivity index (χ2n) is 3.73. The zero-order valence-corrected chi connectivity index (χ0v) is 10.3. The molecule has 0 N–H and O–H groups in total. The van der Waals surface area contributed by atoms with E-state index in [1.165, 1.54) is 6.07 Å². The number of rotatable bonds is 4. The van der Waals surface area contributed by atoms with Crippen LogP contribution in [0.15, 0.2) is 18.2 Å². The van der Waals surface area contributed by atoms with Crippen LogP contribution in [0.5, 0.6) is 0 Å². The van der Waals surface area contributed by atoms with E-state index in [0.29, 0.717) is 6.54 Å². The van der Waals surface area contributed by atoms with Gasteiger partial charge in [0, 0.05) is 18.5 Å². The minimum Gasteiger partial charge on any atom is -0.301 e. The first-order valence-electron chi connectivity index (χ1n) is 4.75. The first kappa shape index (κ1) is 12.8. The maximum Gasteiger partial charge on any atom is 0.142 e. The lowest BCUT2D eigenvalue weighted by molar-refractivity contribution is 0.329. The molecular formula is C11H14Cl2FN. The van der Waals surface area contributed by atoms with Gasteiger partial charge >= 0.3 is 0 Å². The van der Waals surface area contributed by atoms with Crippen molar-refractivity contribution in [3.05, 3.63) is 34.6 Å². The summed E-state index contributed by atoms with van der Waals surface area (Å²) in [7, 11) is 1.95. The Morgan fingerprint density at radius 3 is 2.67 bits per heavy atom. The first-order valence-corrected chi connectivity index (χ1v) is 5.57. The fraction of sp³-hybridized carbons (Fsp3) is 0.455. The second-order valence-corrected chi connectivity index (χ2v) is 4.88. The van der Waals surface area contributed by atoms with Crippen LogP contribution < -0.4 is 0 Å². The Morgan fingerprint density at radius 1 is 1.47 bits per heavy atom. The number of halogens is 3. The van der Waals surface area contributed by atoms with E-state index in [1.54, 1.807) is 6.07 Å². The van der Waals surface area contributed by atoms with Crippen molar-refractivity contribution >= 4 is 23.2 Å². The molecule has 1 unspecified atom stereocenters. The van der Waals surface area contributed by atoms with Crippen molar-refractivity contribution in [2.24, 2.45) is 0 Å². The number of hydrogen-bond donors (Lipinski definition) is 0. The van der Waals surface area contributed by atoms with Crippen molar-refractivity contribution in [2.45, 2.75) is 18.8 Å². The molecule has 0 radical (unpaired) electrons. The fourth-order valence-corrected chi connectivity index (χ4v) is 1.80. The van der Waals surface area contributed by atoms with Crippen molar-refractivity contribution in [2.75, 3.05) is 13.6 Å². The average molecular weight is 250 g/mol. The summed E-state index contributed by atoms with van der Waals surface area (Å²) in [5.74, 6) is -0.374. The Labute approximate surface area is 99.8 Å². The molecule has 0 aliphatic carbocycles. The van der Waals surface area contributed by atoms with Crippen LogP contribution in [0.2, 0.25) is 5.02 Å². The normalized spacial score (nSPS) is 13.2. The molecule has 0 aliphatic rings. The zero-order valence-electron chi connectivity index (χ0n) is 8.80. The van der Waals surface area contributed by atoms with Crippen LogP contribution in [0.1, 0.15) is 12.5 Å². The molecule has 0 fully saturated rings. The quantitative estimate of drug-likeness (QED) is 0.739. The molecule has 0 amide bonds. The maximum absolute atomic E-state index is 13.1. The lowest BCUT2D eigenvalue weighted by Crippen LogP contribution is -2.24. The molecule has 4 heteroatoms. The van der Waals surface area contributed by atoms with Gasteiger partial charge in [-0.1, -0.05) is 17.7 Å². The Morgan fingerprint density at radius 2 is 2.13 bits per heavy atom. The fourth-order valence-electron chi connectivity index (χ4n) is 1.44. The highest BCUT2D eigenvalue weighted by Gasteiger charge is 2.06. The van der Waals surface area contributed by atoms with E-state index >= 15 is 0 Å². The SMILES string of the molecule is CC(Cl)CN(C)Cc1ccc(Cl)c(F)c1. The lowest BCUT2D eigenvalue weighted by atomic mass is 10.2. The van der Waals surface area contributed by atoms with Gasteiger partial charge in [-0.15, -0.1) is 11.6 Å². The van der Waals surface area contributed by atoms with Crippen LogP contribution in [-0.2, 0) is 6.54 Å². The van der Waals surface area contributed by atoms with Crippen LogP contribution in [0.25, 0.3) is 0 Å². The number of nitrogens with zero attached hydrogens (tertiary/aromatic N) is 1. The summed E-state index contributed by atoms with van der Waals surface area (Å²) in [6.45, 7) is 3.37. The molecule has 15 heavy (non-hydrogen) atoms. The van der Waals surface area contributed by atoms with Crippen LogP contribution in [0.4, 0.5) is 4.39 Å². The molecule has 0 saturated heterocycles. The molecule has 1 atom stereocenters. The molecule has 0 saturated carbocycles. The third-order valence-corrected chi connectivity index (χ3v) is 2.44. The number of alkyl halides is 1. The van der Waals surface area contributed by atoms with Gasteiger partial charge in [0.25, 0.3) is 0 Å². The maximum atomic E-state index is 13.1. The topological polar surface area (TPSA) is 3.24 Å². The molecule has 0 aromatic heterocycles. The van der Waals surface area contributed by atoms with Gasteiger partial charge in [0.15, 0.2) is 0 Å². The minimum atomic E-state index is -0.374. The Bertz CT molecular complexity index is 328. The third kappa shape index (κ3) is 4.37. The molecule has 0 heterocycles. The van der Waals surface area contributed by atoms with Crippen molar-refractivity contribution in [1.29, 1.82) is 0 Å². The summed E-state index contributed by atoms with van der Waals surface area (Å²) < 4.78 is 13.1. The monoisotopic (exact) mass is 249 g/mol. The number of hydrogen-bond acceptors (Lipinski definition) is 1. The molecular weight excluding hydrogens is 236 g/mol. The first-order chi connectivity index (χ1) is 6.99. The minimum absolute atomic E-state index is 0.0900. The highest BCUT2D eigenvalue weighted by atomic mass is 35.5. The molecule has 0 aliphatic heterocycles. The summed E-state index contributed by atoms with van der Waals surface area (Å²) in [6.07, 6.45) is 0. The van der Waals surface area contributed by atoms with Crippen molar-refractivity contribution in [1.82, 2.24) is 4.90 Å². The van der Waals surface area contributed by atoms with Gasteiger partial charge in [-0.05, 0) is 31.7 Å². The predicted molar refractivity (Wildman–Crippen MR) is 63.1 cm³/mol. The van der Waals surface area contributed by atoms with Gasteiger partial charge in [0.1, 0.15) is 5.82 Å². The average Bonchev–Trinajstić information content (AvgIpc) is 2.10. The molecule has 1 aromatic rings. The summed E-state index contributed by atoms with van der Waals surface area (Å²) >= 11 is 11.5. The predicted octanol–water partition coefficient (Wildman–Crippen LogP) is 3.54. The second kappa shape index (κ2) is 5.69. The van der Waals surface area contributed by atoms with E-state index in [-0.39, 0.29) is 16.2 Å². The highest BCUT2D eigenvalue weighted by molar-refractivity contribution is 6.30. The summed E-state index contributed by atoms with van der Waals surface area (Å²) in [6, 6.07) is 4.85. The Hall–Kier alpha value is -0.310. The smallest absolute Gasteiger partial charge is 0.142 e. The van der Waals surface area contributed by atoms with E-state index in [0.717, 1.165) is 12.1 Å². The van der Waals surface area contributed by atoms with Gasteiger partial charge in [0.05, 0.1) is 5.02 Å². The van der Waals surface area contributed by atoms with Gasteiger partial charge in [0.2, 0.25) is 0 Å². The van der Waals surface area contributed by atoms with Crippen LogP contribution in [-0.4, -0.2) is 23.9 Å². The van der Waals surface area contributed by atoms with Crippen molar-refractivity contribution < 1.29 is 4.39 Å². The van der Waals surface area contributed by atoms with Crippen LogP contribution in [0, 0.1) is 5.82 Å². The molecule has 0 bridgehead atoms. The van der Waals surface area contributed by atoms with E-state index in [9.17, 15) is 4.39 Å². The van der Waals surface area contributed by atoms with Crippen LogP contribution in [0.3, 0.4) is 0 Å². The van der Waals surface area contributed by atoms with E-state index in [1.807, 2.05) is 24.9 Å². The van der Waals surface area contributed by atoms with Crippen LogP contribution >= 0.6 is 23.2 Å². The van der Waals surface area contributed by atoms with E-state index < -0.39 is 0 Å². The van der Waals surface area contributed by atoms with E-state index in [2.05, 4.69) is 0 Å². The summed E-state index contributed by atoms with van der Waals surface area (Å²) in [5.41, 5.74) is 0.900. The zero-order chi connectivity index (χ0) is 11.4. The third-order valence-electron chi connectivity index (χ3n) is 2.00. The molecule has 1 nitrogen and oxygen atoms in total. The highest BCUT2D eigenvalue weighted by Crippen LogP contribution is 2.16. The molecule has 1 rings (SSSR count). The Balaban J connectivity index is 2.60.